The van der Waals surface area contributed by atoms with Gasteiger partial charge >= 0.3 is 0 Å². The Morgan fingerprint density at radius 2 is 2.24 bits per heavy atom. The van der Waals surface area contributed by atoms with E-state index in [0.717, 1.165) is 18.8 Å². The highest BCUT2D eigenvalue weighted by molar-refractivity contribution is 7.80. The van der Waals surface area contributed by atoms with Crippen molar-refractivity contribution < 1.29 is 9.66 Å². The summed E-state index contributed by atoms with van der Waals surface area (Å²) in [5.74, 6) is 0. The van der Waals surface area contributed by atoms with Gasteiger partial charge in [0.2, 0.25) is 0 Å². The summed E-state index contributed by atoms with van der Waals surface area (Å²) in [6.07, 6.45) is 1.47. The second-order valence-electron chi connectivity index (χ2n) is 4.33. The zero-order chi connectivity index (χ0) is 15.2. The van der Waals surface area contributed by atoms with Crippen LogP contribution in [0.15, 0.2) is 23.3 Å². The molecule has 112 valence electrons. The van der Waals surface area contributed by atoms with Crippen molar-refractivity contribution in [2.24, 2.45) is 10.8 Å². The molecule has 0 unspecified atom stereocenters. The lowest BCUT2D eigenvalue weighted by atomic mass is 10.1. The van der Waals surface area contributed by atoms with Gasteiger partial charge in [0.25, 0.3) is 5.69 Å². The maximum atomic E-state index is 10.9. The molecule has 1 saturated heterocycles. The molecule has 0 aliphatic carbocycles. The highest BCUT2D eigenvalue weighted by atomic mass is 32.1. The number of morpholine rings is 1. The average molecular weight is 309 g/mol. The lowest BCUT2D eigenvalue weighted by molar-refractivity contribution is -0.384. The summed E-state index contributed by atoms with van der Waals surface area (Å²) in [5.41, 5.74) is 9.21. The summed E-state index contributed by atoms with van der Waals surface area (Å²) >= 11 is 4.65. The average Bonchev–Trinajstić information content (AvgIpc) is 2.47. The quantitative estimate of drug-likeness (QED) is 0.363. The van der Waals surface area contributed by atoms with Crippen LogP contribution in [0.3, 0.4) is 0 Å². The summed E-state index contributed by atoms with van der Waals surface area (Å²) in [6, 6.07) is 4.66. The summed E-state index contributed by atoms with van der Waals surface area (Å²) in [7, 11) is 0. The van der Waals surface area contributed by atoms with Crippen molar-refractivity contribution in [2.45, 2.75) is 0 Å². The Hall–Kier alpha value is -2.26. The molecule has 8 nitrogen and oxygen atoms in total. The molecule has 1 aromatic carbocycles. The third-order valence-electron chi connectivity index (χ3n) is 2.95. The lowest BCUT2D eigenvalue weighted by Gasteiger charge is -2.29. The molecule has 0 spiro atoms. The Labute approximate surface area is 126 Å². The molecule has 2 rings (SSSR count). The van der Waals surface area contributed by atoms with Crippen LogP contribution < -0.4 is 16.1 Å². The minimum Gasteiger partial charge on any atom is -0.378 e. The number of hydrogen-bond acceptors (Lipinski definition) is 6. The second kappa shape index (κ2) is 6.95. The van der Waals surface area contributed by atoms with Gasteiger partial charge in [-0.2, -0.15) is 5.10 Å². The predicted octanol–water partition coefficient (Wildman–Crippen LogP) is 0.599. The van der Waals surface area contributed by atoms with E-state index in [4.69, 9.17) is 10.5 Å². The molecule has 0 radical (unpaired) electrons. The zero-order valence-corrected chi connectivity index (χ0v) is 12.0. The van der Waals surface area contributed by atoms with Crippen LogP contribution >= 0.6 is 12.2 Å². The fourth-order valence-electron chi connectivity index (χ4n) is 2.02. The van der Waals surface area contributed by atoms with Gasteiger partial charge in [-0.05, 0) is 18.3 Å². The number of hydrogen-bond donors (Lipinski definition) is 2. The fourth-order valence-corrected chi connectivity index (χ4v) is 2.07. The SMILES string of the molecule is NC(=S)NN=Cc1cc([N+](=O)[O-])ccc1N1CCOCC1. The lowest BCUT2D eigenvalue weighted by Crippen LogP contribution is -2.36. The molecule has 1 aliphatic heterocycles. The number of thiocarbonyl (C=S) groups is 1. The number of non-ortho nitro benzene ring substituents is 1. The monoisotopic (exact) mass is 309 g/mol. The molecule has 21 heavy (non-hydrogen) atoms. The molecule has 1 aromatic rings. The molecule has 9 heteroatoms. The van der Waals surface area contributed by atoms with Crippen LogP contribution in [0.2, 0.25) is 0 Å². The smallest absolute Gasteiger partial charge is 0.270 e. The number of benzene rings is 1. The van der Waals surface area contributed by atoms with Gasteiger partial charge in [0.05, 0.1) is 24.4 Å². The first-order valence-electron chi connectivity index (χ1n) is 6.27. The third-order valence-corrected chi connectivity index (χ3v) is 3.04. The van der Waals surface area contributed by atoms with Crippen molar-refractivity contribution in [3.8, 4) is 0 Å². The molecule has 0 amide bonds. The molecular formula is C12H15N5O3S. The molecule has 1 heterocycles. The highest BCUT2D eigenvalue weighted by Crippen LogP contribution is 2.25. The minimum atomic E-state index is -0.443. The van der Waals surface area contributed by atoms with Crippen molar-refractivity contribution in [2.75, 3.05) is 31.2 Å². The van der Waals surface area contributed by atoms with Crippen molar-refractivity contribution in [3.05, 3.63) is 33.9 Å². The highest BCUT2D eigenvalue weighted by Gasteiger charge is 2.17. The first-order chi connectivity index (χ1) is 10.1. The predicted molar refractivity (Wildman–Crippen MR) is 83.6 cm³/mol. The van der Waals surface area contributed by atoms with Gasteiger partial charge < -0.3 is 15.4 Å². The van der Waals surface area contributed by atoms with Gasteiger partial charge in [0.15, 0.2) is 5.11 Å². The minimum absolute atomic E-state index is 0.00350. The zero-order valence-electron chi connectivity index (χ0n) is 11.2. The third kappa shape index (κ3) is 4.10. The van der Waals surface area contributed by atoms with E-state index in [0.29, 0.717) is 18.8 Å². The van der Waals surface area contributed by atoms with Gasteiger partial charge in [-0.1, -0.05) is 0 Å². The van der Waals surface area contributed by atoms with Crippen molar-refractivity contribution in [1.29, 1.82) is 0 Å². The van der Waals surface area contributed by atoms with Crippen LogP contribution in [-0.2, 0) is 4.74 Å². The van der Waals surface area contributed by atoms with Gasteiger partial charge in [0, 0.05) is 36.5 Å². The van der Waals surface area contributed by atoms with Crippen LogP contribution in [0.25, 0.3) is 0 Å². The van der Waals surface area contributed by atoms with Crippen LogP contribution in [0.4, 0.5) is 11.4 Å². The first-order valence-corrected chi connectivity index (χ1v) is 6.68. The van der Waals surface area contributed by atoms with E-state index >= 15 is 0 Å². The first kappa shape index (κ1) is 15.1. The molecule has 0 aromatic heterocycles. The second-order valence-corrected chi connectivity index (χ2v) is 4.77. The van der Waals surface area contributed by atoms with E-state index in [1.165, 1.54) is 18.3 Å². The summed E-state index contributed by atoms with van der Waals surface area (Å²) in [5, 5.41) is 14.8. The Kier molecular flexibility index (Phi) is 5.01. The number of nitrogens with zero attached hydrogens (tertiary/aromatic N) is 3. The molecule has 3 N–H and O–H groups in total. The van der Waals surface area contributed by atoms with Crippen molar-refractivity contribution in [3.63, 3.8) is 0 Å². The van der Waals surface area contributed by atoms with E-state index in [9.17, 15) is 10.1 Å². The summed E-state index contributed by atoms with van der Waals surface area (Å²) in [4.78, 5) is 12.5. The van der Waals surface area contributed by atoms with Gasteiger partial charge in [-0.3, -0.25) is 15.5 Å². The van der Waals surface area contributed by atoms with Crippen molar-refractivity contribution in [1.82, 2.24) is 5.43 Å². The fraction of sp³-hybridized carbons (Fsp3) is 0.333. The largest absolute Gasteiger partial charge is 0.378 e. The Morgan fingerprint density at radius 3 is 2.86 bits per heavy atom. The molecule has 0 atom stereocenters. The molecule has 0 bridgehead atoms. The number of nitrogens with two attached hydrogens (primary N) is 1. The number of anilines is 1. The Bertz CT molecular complexity index is 572. The number of rotatable bonds is 4. The van der Waals surface area contributed by atoms with Gasteiger partial charge in [-0.25, -0.2) is 0 Å². The van der Waals surface area contributed by atoms with E-state index in [2.05, 4.69) is 27.6 Å². The Balaban J connectivity index is 2.30. The van der Waals surface area contributed by atoms with Crippen LogP contribution in [-0.4, -0.2) is 42.6 Å². The summed E-state index contributed by atoms with van der Waals surface area (Å²) < 4.78 is 5.31. The maximum absolute atomic E-state index is 10.9. The van der Waals surface area contributed by atoms with E-state index < -0.39 is 4.92 Å². The number of nitro benzene ring substituents is 1. The van der Waals surface area contributed by atoms with E-state index in [1.807, 2.05) is 0 Å². The topological polar surface area (TPSA) is 106 Å². The van der Waals surface area contributed by atoms with E-state index in [-0.39, 0.29) is 10.8 Å². The van der Waals surface area contributed by atoms with Crippen LogP contribution in [0, 0.1) is 10.1 Å². The number of nitro groups is 1. The number of ether oxygens (including phenoxy) is 1. The van der Waals surface area contributed by atoms with E-state index in [1.54, 1.807) is 6.07 Å². The standard InChI is InChI=1S/C12H15N5O3S/c13-12(21)15-14-8-9-7-10(17(18)19)1-2-11(9)16-3-5-20-6-4-16/h1-2,7-8H,3-6H2,(H3,13,15,21). The molecule has 0 saturated carbocycles. The normalized spacial score (nSPS) is 15.1. The van der Waals surface area contributed by atoms with Crippen LogP contribution in [0.1, 0.15) is 5.56 Å². The van der Waals surface area contributed by atoms with Gasteiger partial charge in [0.1, 0.15) is 0 Å². The maximum Gasteiger partial charge on any atom is 0.270 e. The number of nitrogens with one attached hydrogen (secondary N) is 1. The van der Waals surface area contributed by atoms with Crippen molar-refractivity contribution >= 4 is 34.9 Å². The summed E-state index contributed by atoms with van der Waals surface area (Å²) in [6.45, 7) is 2.69. The molecular weight excluding hydrogens is 294 g/mol. The number of hydrazone groups is 1. The molecule has 1 aliphatic rings. The Morgan fingerprint density at radius 1 is 1.52 bits per heavy atom. The van der Waals surface area contributed by atoms with Gasteiger partial charge in [-0.15, -0.1) is 0 Å². The van der Waals surface area contributed by atoms with Crippen LogP contribution in [0.5, 0.6) is 0 Å². The molecule has 1 fully saturated rings.